The number of rotatable bonds is 6. The van der Waals surface area contributed by atoms with Crippen molar-refractivity contribution in [2.75, 3.05) is 18.4 Å². The van der Waals surface area contributed by atoms with E-state index in [9.17, 15) is 13.2 Å². The molecule has 30 heavy (non-hydrogen) atoms. The summed E-state index contributed by atoms with van der Waals surface area (Å²) >= 11 is 6.06. The number of piperidine rings is 1. The molecule has 2 aromatic carbocycles. The fourth-order valence-electron chi connectivity index (χ4n) is 3.29. The first-order valence-electron chi connectivity index (χ1n) is 9.73. The Labute approximate surface area is 182 Å². The molecule has 1 aliphatic heterocycles. The molecule has 1 saturated heterocycles. The Morgan fingerprint density at radius 3 is 2.30 bits per heavy atom. The van der Waals surface area contributed by atoms with Crippen molar-refractivity contribution in [3.63, 3.8) is 0 Å². The Bertz CT molecular complexity index is 1000. The summed E-state index contributed by atoms with van der Waals surface area (Å²) < 4.78 is 32.7. The molecule has 1 heterocycles. The van der Waals surface area contributed by atoms with E-state index in [4.69, 9.17) is 22.1 Å². The third-order valence-electron chi connectivity index (χ3n) is 5.01. The molecule has 0 saturated carbocycles. The maximum absolute atomic E-state index is 12.9. The molecule has 0 unspecified atom stereocenters. The summed E-state index contributed by atoms with van der Waals surface area (Å²) in [5, 5.41) is 2.99. The van der Waals surface area contributed by atoms with Crippen molar-refractivity contribution in [1.29, 1.82) is 0 Å². The molecule has 1 fully saturated rings. The van der Waals surface area contributed by atoms with Gasteiger partial charge >= 0.3 is 0 Å². The van der Waals surface area contributed by atoms with E-state index in [1.54, 1.807) is 36.4 Å². The van der Waals surface area contributed by atoms with Gasteiger partial charge in [-0.05, 0) is 63.1 Å². The number of benzene rings is 2. The smallest absolute Gasteiger partial charge is 0.244 e. The minimum atomic E-state index is -3.74. The predicted octanol–water partition coefficient (Wildman–Crippen LogP) is 3.25. The zero-order chi connectivity index (χ0) is 21.9. The molecular weight excluding hydrogens is 426 g/mol. The fourth-order valence-corrected chi connectivity index (χ4v) is 5.22. The first-order valence-corrected chi connectivity index (χ1v) is 11.6. The molecule has 0 radical (unpaired) electrons. The summed E-state index contributed by atoms with van der Waals surface area (Å²) in [6, 6.07) is 13.4. The van der Waals surface area contributed by atoms with Crippen molar-refractivity contribution in [3.8, 4) is 5.75 Å². The van der Waals surface area contributed by atoms with E-state index in [0.29, 0.717) is 11.4 Å². The number of sulfonamides is 1. The maximum Gasteiger partial charge on any atom is 0.244 e. The lowest BCUT2D eigenvalue weighted by Gasteiger charge is -2.37. The van der Waals surface area contributed by atoms with Crippen molar-refractivity contribution in [1.82, 2.24) is 4.31 Å². The van der Waals surface area contributed by atoms with Gasteiger partial charge in [0, 0.05) is 18.8 Å². The number of anilines is 1. The van der Waals surface area contributed by atoms with Crippen molar-refractivity contribution < 1.29 is 17.9 Å². The van der Waals surface area contributed by atoms with Crippen LogP contribution in [0.3, 0.4) is 0 Å². The summed E-state index contributed by atoms with van der Waals surface area (Å²) in [6.45, 7) is 4.15. The Kier molecular flexibility index (Phi) is 6.71. The number of nitrogens with one attached hydrogen (secondary N) is 1. The van der Waals surface area contributed by atoms with Crippen molar-refractivity contribution in [3.05, 3.63) is 53.6 Å². The average Bonchev–Trinajstić information content (AvgIpc) is 2.69. The van der Waals surface area contributed by atoms with E-state index in [0.717, 1.165) is 0 Å². The van der Waals surface area contributed by atoms with E-state index < -0.39 is 15.6 Å². The molecule has 0 atom stereocenters. The molecule has 0 aromatic heterocycles. The molecule has 9 heteroatoms. The van der Waals surface area contributed by atoms with E-state index in [1.807, 2.05) is 13.8 Å². The number of carbonyl (C=O) groups excluding carboxylic acids is 1. The van der Waals surface area contributed by atoms with Gasteiger partial charge in [-0.3, -0.25) is 4.79 Å². The van der Waals surface area contributed by atoms with Gasteiger partial charge in [0.2, 0.25) is 15.9 Å². The lowest BCUT2D eigenvalue weighted by Crippen LogP contribution is -2.58. The van der Waals surface area contributed by atoms with Crippen LogP contribution in [-0.2, 0) is 14.8 Å². The average molecular weight is 452 g/mol. The van der Waals surface area contributed by atoms with Gasteiger partial charge in [0.1, 0.15) is 10.6 Å². The van der Waals surface area contributed by atoms with E-state index in [-0.39, 0.29) is 47.9 Å². The van der Waals surface area contributed by atoms with Crippen molar-refractivity contribution in [2.45, 2.75) is 43.2 Å². The van der Waals surface area contributed by atoms with Gasteiger partial charge in [-0.2, -0.15) is 4.31 Å². The lowest BCUT2D eigenvalue weighted by atomic mass is 9.88. The zero-order valence-electron chi connectivity index (χ0n) is 17.0. The molecule has 7 nitrogen and oxygen atoms in total. The number of hydrogen-bond donors (Lipinski definition) is 2. The predicted molar refractivity (Wildman–Crippen MR) is 117 cm³/mol. The van der Waals surface area contributed by atoms with E-state index >= 15 is 0 Å². The second kappa shape index (κ2) is 8.93. The Morgan fingerprint density at radius 2 is 1.73 bits per heavy atom. The van der Waals surface area contributed by atoms with Gasteiger partial charge in [-0.25, -0.2) is 8.42 Å². The second-order valence-electron chi connectivity index (χ2n) is 7.64. The molecule has 3 N–H and O–H groups in total. The zero-order valence-corrected chi connectivity index (χ0v) is 18.5. The largest absolute Gasteiger partial charge is 0.491 e. The number of nitrogens with zero attached hydrogens (tertiary/aromatic N) is 1. The normalized spacial score (nSPS) is 17.0. The molecule has 0 aliphatic carbocycles. The Hall–Kier alpha value is -2.13. The minimum absolute atomic E-state index is 0.0596. The van der Waals surface area contributed by atoms with Crippen LogP contribution in [-0.4, -0.2) is 43.4 Å². The highest BCUT2D eigenvalue weighted by Gasteiger charge is 2.41. The monoisotopic (exact) mass is 451 g/mol. The Morgan fingerprint density at radius 1 is 1.13 bits per heavy atom. The van der Waals surface area contributed by atoms with Crippen LogP contribution in [0, 0.1) is 0 Å². The second-order valence-corrected chi connectivity index (χ2v) is 9.95. The number of amides is 1. The number of nitrogens with two attached hydrogens (primary N) is 1. The van der Waals surface area contributed by atoms with Gasteiger partial charge in [0.15, 0.2) is 0 Å². The van der Waals surface area contributed by atoms with Crippen LogP contribution in [0.15, 0.2) is 53.4 Å². The van der Waals surface area contributed by atoms with Gasteiger partial charge in [0.05, 0.1) is 16.7 Å². The quantitative estimate of drug-likeness (QED) is 0.701. The van der Waals surface area contributed by atoms with Crippen LogP contribution in [0.4, 0.5) is 5.69 Å². The number of ether oxygens (including phenoxy) is 1. The topological polar surface area (TPSA) is 102 Å². The first-order chi connectivity index (χ1) is 14.1. The van der Waals surface area contributed by atoms with Crippen LogP contribution < -0.4 is 15.8 Å². The molecule has 0 bridgehead atoms. The molecular formula is C21H26ClN3O4S. The summed E-state index contributed by atoms with van der Waals surface area (Å²) in [7, 11) is -3.74. The molecule has 3 rings (SSSR count). The van der Waals surface area contributed by atoms with Crippen LogP contribution in [0.2, 0.25) is 5.02 Å². The number of halogens is 1. The minimum Gasteiger partial charge on any atom is -0.491 e. The van der Waals surface area contributed by atoms with Gasteiger partial charge < -0.3 is 15.8 Å². The van der Waals surface area contributed by atoms with Crippen LogP contribution in [0.1, 0.15) is 26.7 Å². The van der Waals surface area contributed by atoms with E-state index in [2.05, 4.69) is 5.32 Å². The van der Waals surface area contributed by atoms with Gasteiger partial charge in [0.25, 0.3) is 0 Å². The molecule has 0 spiro atoms. The highest BCUT2D eigenvalue weighted by Crippen LogP contribution is 2.29. The fraction of sp³-hybridized carbons (Fsp3) is 0.381. The third-order valence-corrected chi connectivity index (χ3v) is 7.40. The lowest BCUT2D eigenvalue weighted by molar-refractivity contribution is -0.122. The highest BCUT2D eigenvalue weighted by atomic mass is 35.5. The third kappa shape index (κ3) is 4.95. The molecule has 2 aromatic rings. The summed E-state index contributed by atoms with van der Waals surface area (Å²) in [4.78, 5) is 12.8. The maximum atomic E-state index is 12.9. The van der Waals surface area contributed by atoms with Crippen molar-refractivity contribution >= 4 is 33.2 Å². The molecule has 1 aliphatic rings. The summed E-state index contributed by atoms with van der Waals surface area (Å²) in [6.07, 6.45) is 0.471. The van der Waals surface area contributed by atoms with E-state index in [1.165, 1.54) is 16.4 Å². The highest BCUT2D eigenvalue weighted by molar-refractivity contribution is 7.89. The number of carbonyl (C=O) groups is 1. The SMILES string of the molecule is CC(C)Oc1ccc(NC(=O)C2(N)CCN(S(=O)(=O)c3ccccc3Cl)CC2)cc1. The van der Waals surface area contributed by atoms with Gasteiger partial charge in [-0.1, -0.05) is 23.7 Å². The molecule has 162 valence electrons. The van der Waals surface area contributed by atoms with Gasteiger partial charge in [-0.15, -0.1) is 0 Å². The van der Waals surface area contributed by atoms with Crippen LogP contribution >= 0.6 is 11.6 Å². The van der Waals surface area contributed by atoms with Crippen LogP contribution in [0.5, 0.6) is 5.75 Å². The first kappa shape index (κ1) is 22.6. The Balaban J connectivity index is 1.64. The summed E-state index contributed by atoms with van der Waals surface area (Å²) in [5.41, 5.74) is 5.79. The van der Waals surface area contributed by atoms with Crippen molar-refractivity contribution in [2.24, 2.45) is 5.73 Å². The standard InChI is InChI=1S/C21H26ClN3O4S/c1-15(2)29-17-9-7-16(8-10-17)24-20(26)21(23)11-13-25(14-12-21)30(27,28)19-6-4-3-5-18(19)22/h3-10,15H,11-14,23H2,1-2H3,(H,24,26). The van der Waals surface area contributed by atoms with Crippen LogP contribution in [0.25, 0.3) is 0 Å². The number of hydrogen-bond acceptors (Lipinski definition) is 5. The summed E-state index contributed by atoms with van der Waals surface area (Å²) in [5.74, 6) is 0.373. The molecule has 1 amide bonds.